The van der Waals surface area contributed by atoms with E-state index in [0.29, 0.717) is 5.69 Å². The van der Waals surface area contributed by atoms with Gasteiger partial charge in [-0.25, -0.2) is 4.39 Å². The summed E-state index contributed by atoms with van der Waals surface area (Å²) in [4.78, 5) is 27.0. The summed E-state index contributed by atoms with van der Waals surface area (Å²) in [6, 6.07) is 15.5. The van der Waals surface area contributed by atoms with Crippen LogP contribution in [0.4, 0.5) is 10.1 Å². The Kier molecular flexibility index (Phi) is 6.86. The molecule has 0 aliphatic rings. The van der Waals surface area contributed by atoms with Crippen molar-refractivity contribution in [2.24, 2.45) is 0 Å². The number of halogens is 1. The zero-order valence-corrected chi connectivity index (χ0v) is 15.3. The number of amides is 2. The van der Waals surface area contributed by atoms with Crippen LogP contribution in [0.3, 0.4) is 0 Å². The van der Waals surface area contributed by atoms with Crippen molar-refractivity contribution >= 4 is 17.5 Å². The van der Waals surface area contributed by atoms with Crippen LogP contribution >= 0.6 is 0 Å². The molecule has 0 aliphatic heterocycles. The van der Waals surface area contributed by atoms with Gasteiger partial charge in [-0.2, -0.15) is 0 Å². The minimum atomic E-state index is -0.407. The number of benzene rings is 2. The van der Waals surface area contributed by atoms with Crippen LogP contribution in [-0.4, -0.2) is 43.9 Å². The summed E-state index contributed by atoms with van der Waals surface area (Å²) in [5, 5.41) is 2.64. The number of hydrogen-bond donors (Lipinski definition) is 2. The highest BCUT2D eigenvalue weighted by atomic mass is 19.1. The van der Waals surface area contributed by atoms with Gasteiger partial charge in [0.05, 0.1) is 13.1 Å². The molecule has 2 aromatic rings. The number of anilines is 1. The lowest BCUT2D eigenvalue weighted by Crippen LogP contribution is -3.11. The van der Waals surface area contributed by atoms with Gasteiger partial charge in [-0.15, -0.1) is 0 Å². The Morgan fingerprint density at radius 3 is 2.46 bits per heavy atom. The second-order valence-corrected chi connectivity index (χ2v) is 6.46. The molecular formula is C20H25FN3O2+. The quantitative estimate of drug-likeness (QED) is 0.788. The minimum absolute atomic E-state index is 0.0439. The zero-order valence-electron chi connectivity index (χ0n) is 15.3. The van der Waals surface area contributed by atoms with Crippen LogP contribution in [0, 0.1) is 5.82 Å². The lowest BCUT2D eigenvalue weighted by atomic mass is 10.1. The highest BCUT2D eigenvalue weighted by Crippen LogP contribution is 2.17. The number of likely N-dealkylation sites (N-methyl/N-ethyl adjacent to an activating group) is 2. The van der Waals surface area contributed by atoms with E-state index in [-0.39, 0.29) is 30.9 Å². The normalized spacial score (nSPS) is 12.9. The summed E-state index contributed by atoms with van der Waals surface area (Å²) in [6.45, 7) is 2.29. The van der Waals surface area contributed by atoms with E-state index in [1.54, 1.807) is 25.1 Å². The van der Waals surface area contributed by atoms with Gasteiger partial charge < -0.3 is 15.1 Å². The zero-order chi connectivity index (χ0) is 19.1. The van der Waals surface area contributed by atoms with E-state index in [1.165, 1.54) is 18.2 Å². The Labute approximate surface area is 153 Å². The van der Waals surface area contributed by atoms with Gasteiger partial charge >= 0.3 is 0 Å². The first-order valence-corrected chi connectivity index (χ1v) is 8.54. The molecule has 1 unspecified atom stereocenters. The van der Waals surface area contributed by atoms with Crippen molar-refractivity contribution in [1.82, 2.24) is 4.90 Å². The first-order valence-electron chi connectivity index (χ1n) is 8.54. The summed E-state index contributed by atoms with van der Waals surface area (Å²) < 4.78 is 13.1. The molecule has 138 valence electrons. The Morgan fingerprint density at radius 1 is 1.12 bits per heavy atom. The van der Waals surface area contributed by atoms with Crippen LogP contribution in [0.5, 0.6) is 0 Å². The molecule has 0 heterocycles. The molecule has 0 spiro atoms. The van der Waals surface area contributed by atoms with Crippen molar-refractivity contribution in [1.29, 1.82) is 0 Å². The fourth-order valence-electron chi connectivity index (χ4n) is 2.66. The highest BCUT2D eigenvalue weighted by molar-refractivity contribution is 5.91. The molecule has 0 bridgehead atoms. The summed E-state index contributed by atoms with van der Waals surface area (Å²) in [5.74, 6) is -0.715. The molecule has 5 nitrogen and oxygen atoms in total. The Bertz CT molecular complexity index is 752. The number of nitrogens with zero attached hydrogens (tertiary/aromatic N) is 1. The molecule has 2 amide bonds. The topological polar surface area (TPSA) is 53.9 Å². The van der Waals surface area contributed by atoms with Crippen molar-refractivity contribution in [3.05, 3.63) is 66.0 Å². The van der Waals surface area contributed by atoms with Crippen LogP contribution in [0.25, 0.3) is 0 Å². The van der Waals surface area contributed by atoms with Crippen molar-refractivity contribution < 1.29 is 18.9 Å². The number of carbonyl (C=O) groups excluding carboxylic acids is 2. The molecule has 6 heteroatoms. The summed E-state index contributed by atoms with van der Waals surface area (Å²) in [5.41, 5.74) is 1.47. The lowest BCUT2D eigenvalue weighted by molar-refractivity contribution is -0.862. The predicted octanol–water partition coefficient (Wildman–Crippen LogP) is 1.50. The van der Waals surface area contributed by atoms with Gasteiger partial charge in [-0.1, -0.05) is 36.4 Å². The van der Waals surface area contributed by atoms with Crippen molar-refractivity contribution in [2.45, 2.75) is 13.0 Å². The first-order chi connectivity index (χ1) is 12.4. The molecule has 0 aromatic heterocycles. The van der Waals surface area contributed by atoms with Crippen LogP contribution < -0.4 is 10.2 Å². The van der Waals surface area contributed by atoms with Crippen LogP contribution in [0.1, 0.15) is 18.5 Å². The van der Waals surface area contributed by atoms with Crippen LogP contribution in [0.2, 0.25) is 0 Å². The molecule has 2 N–H and O–H groups in total. The van der Waals surface area contributed by atoms with E-state index >= 15 is 0 Å². The third-order valence-corrected chi connectivity index (χ3v) is 4.28. The van der Waals surface area contributed by atoms with E-state index in [2.05, 4.69) is 5.32 Å². The van der Waals surface area contributed by atoms with Gasteiger partial charge in [0.25, 0.3) is 11.8 Å². The van der Waals surface area contributed by atoms with Gasteiger partial charge in [-0.05, 0) is 30.7 Å². The standard InChI is InChI=1S/C20H24FN3O2/c1-15(16-8-5-4-6-9-16)24(3)20(26)14-23(2)13-19(25)22-18-11-7-10-17(21)12-18/h4-12,15H,13-14H2,1-3H3,(H,22,25)/p+1/t15-/m0/s1. The minimum Gasteiger partial charge on any atom is -0.334 e. The molecule has 0 saturated carbocycles. The maximum atomic E-state index is 13.1. The van der Waals surface area contributed by atoms with E-state index in [0.717, 1.165) is 10.5 Å². The van der Waals surface area contributed by atoms with E-state index in [1.807, 2.05) is 37.3 Å². The SMILES string of the molecule is C[C@@H](c1ccccc1)N(C)C(=O)C[NH+](C)CC(=O)Nc1cccc(F)c1. The molecule has 0 aliphatic carbocycles. The molecule has 0 radical (unpaired) electrons. The maximum Gasteiger partial charge on any atom is 0.279 e. The smallest absolute Gasteiger partial charge is 0.279 e. The number of carbonyl (C=O) groups is 2. The molecule has 2 atom stereocenters. The first kappa shape index (κ1) is 19.6. The van der Waals surface area contributed by atoms with Gasteiger partial charge in [0, 0.05) is 12.7 Å². The van der Waals surface area contributed by atoms with Crippen molar-refractivity contribution in [3.63, 3.8) is 0 Å². The lowest BCUT2D eigenvalue weighted by Gasteiger charge is -2.26. The molecule has 0 fully saturated rings. The van der Waals surface area contributed by atoms with E-state index in [9.17, 15) is 14.0 Å². The molecule has 0 saturated heterocycles. The largest absolute Gasteiger partial charge is 0.334 e. The fourth-order valence-corrected chi connectivity index (χ4v) is 2.66. The summed E-state index contributed by atoms with van der Waals surface area (Å²) >= 11 is 0. The van der Waals surface area contributed by atoms with Crippen molar-refractivity contribution in [2.75, 3.05) is 32.5 Å². The maximum absolute atomic E-state index is 13.1. The average molecular weight is 358 g/mol. The van der Waals surface area contributed by atoms with Gasteiger partial charge in [-0.3, -0.25) is 9.59 Å². The van der Waals surface area contributed by atoms with Crippen LogP contribution in [-0.2, 0) is 9.59 Å². The summed E-state index contributed by atoms with van der Waals surface area (Å²) in [6.07, 6.45) is 0. The average Bonchev–Trinajstić information content (AvgIpc) is 2.60. The molecular weight excluding hydrogens is 333 g/mol. The Morgan fingerprint density at radius 2 is 1.81 bits per heavy atom. The van der Waals surface area contributed by atoms with Crippen molar-refractivity contribution in [3.8, 4) is 0 Å². The van der Waals surface area contributed by atoms with Gasteiger partial charge in [0.1, 0.15) is 5.82 Å². The van der Waals surface area contributed by atoms with E-state index < -0.39 is 5.82 Å². The molecule has 2 rings (SSSR count). The molecule has 26 heavy (non-hydrogen) atoms. The van der Waals surface area contributed by atoms with Gasteiger partial charge in [0.2, 0.25) is 0 Å². The van der Waals surface area contributed by atoms with E-state index in [4.69, 9.17) is 0 Å². The summed E-state index contributed by atoms with van der Waals surface area (Å²) in [7, 11) is 3.55. The van der Waals surface area contributed by atoms with Crippen LogP contribution in [0.15, 0.2) is 54.6 Å². The number of nitrogens with one attached hydrogen (secondary N) is 2. The number of quaternary nitrogens is 1. The third-order valence-electron chi connectivity index (χ3n) is 4.28. The number of hydrogen-bond acceptors (Lipinski definition) is 2. The third kappa shape index (κ3) is 5.67. The molecule has 2 aromatic carbocycles. The Hall–Kier alpha value is -2.73. The fraction of sp³-hybridized carbons (Fsp3) is 0.300. The second kappa shape index (κ2) is 9.10. The highest BCUT2D eigenvalue weighted by Gasteiger charge is 2.21. The van der Waals surface area contributed by atoms with Gasteiger partial charge in [0.15, 0.2) is 13.1 Å². The number of rotatable bonds is 7. The predicted molar refractivity (Wildman–Crippen MR) is 99.3 cm³/mol. The Balaban J connectivity index is 1.85. The monoisotopic (exact) mass is 358 g/mol. The second-order valence-electron chi connectivity index (χ2n) is 6.46.